The Balaban J connectivity index is 3.09. The zero-order valence-corrected chi connectivity index (χ0v) is 11.6. The van der Waals surface area contributed by atoms with Crippen molar-refractivity contribution in [3.63, 3.8) is 0 Å². The fraction of sp³-hybridized carbons (Fsp3) is 0.429. The van der Waals surface area contributed by atoms with Crippen LogP contribution in [0.4, 0.5) is 0 Å². The quantitative estimate of drug-likeness (QED) is 0.811. The Labute approximate surface area is 113 Å². The molecular weight excluding hydrogens is 244 g/mol. The number of ether oxygens (including phenoxy) is 2. The van der Waals surface area contributed by atoms with Gasteiger partial charge in [-0.1, -0.05) is 0 Å². The summed E-state index contributed by atoms with van der Waals surface area (Å²) >= 11 is 0. The van der Waals surface area contributed by atoms with Crippen LogP contribution in [0.25, 0.3) is 0 Å². The molecular formula is C14H18N2O3. The smallest absolute Gasteiger partial charge is 0.223 e. The van der Waals surface area contributed by atoms with Gasteiger partial charge in [-0.15, -0.1) is 0 Å². The van der Waals surface area contributed by atoms with Crippen LogP contribution in [0.5, 0.6) is 11.5 Å². The van der Waals surface area contributed by atoms with Gasteiger partial charge in [0.25, 0.3) is 0 Å². The molecule has 5 heteroatoms. The van der Waals surface area contributed by atoms with E-state index in [1.165, 1.54) is 12.0 Å². The van der Waals surface area contributed by atoms with Gasteiger partial charge in [0.05, 0.1) is 26.2 Å². The molecule has 0 saturated carbocycles. The van der Waals surface area contributed by atoms with Gasteiger partial charge in [-0.2, -0.15) is 5.26 Å². The number of hydrogen-bond acceptors (Lipinski definition) is 4. The average Bonchev–Trinajstić information content (AvgIpc) is 2.43. The zero-order valence-electron chi connectivity index (χ0n) is 11.6. The fourth-order valence-electron chi connectivity index (χ4n) is 1.69. The van der Waals surface area contributed by atoms with E-state index in [4.69, 9.17) is 9.47 Å². The summed E-state index contributed by atoms with van der Waals surface area (Å²) in [6.07, 6.45) is 0.118. The molecule has 1 aromatic carbocycles. The number of nitrogens with zero attached hydrogens (tertiary/aromatic N) is 2. The molecule has 0 aliphatic rings. The monoisotopic (exact) mass is 262 g/mol. The molecule has 0 spiro atoms. The number of carbonyl (C=O) groups excluding carboxylic acids is 1. The van der Waals surface area contributed by atoms with Crippen LogP contribution in [-0.4, -0.2) is 39.1 Å². The van der Waals surface area contributed by atoms with E-state index in [9.17, 15) is 10.1 Å². The molecule has 0 radical (unpaired) electrons. The number of nitriles is 1. The van der Waals surface area contributed by atoms with Crippen molar-refractivity contribution in [2.75, 3.05) is 28.3 Å². The third-order valence-electron chi connectivity index (χ3n) is 2.85. The Morgan fingerprint density at radius 1 is 1.37 bits per heavy atom. The Morgan fingerprint density at radius 2 is 2.05 bits per heavy atom. The molecule has 0 saturated heterocycles. The molecule has 0 N–H and O–H groups in total. The van der Waals surface area contributed by atoms with Crippen molar-refractivity contribution < 1.29 is 14.3 Å². The van der Waals surface area contributed by atoms with Crippen LogP contribution < -0.4 is 9.47 Å². The van der Waals surface area contributed by atoms with Crippen LogP contribution in [0.2, 0.25) is 0 Å². The molecule has 0 aliphatic heterocycles. The maximum absolute atomic E-state index is 11.7. The highest BCUT2D eigenvalue weighted by atomic mass is 16.5. The number of rotatable bonds is 5. The molecule has 19 heavy (non-hydrogen) atoms. The highest BCUT2D eigenvalue weighted by molar-refractivity contribution is 5.77. The summed E-state index contributed by atoms with van der Waals surface area (Å²) in [5, 5.41) is 9.28. The van der Waals surface area contributed by atoms with Crippen LogP contribution >= 0.6 is 0 Å². The first-order chi connectivity index (χ1) is 9.03. The lowest BCUT2D eigenvalue weighted by Crippen LogP contribution is -2.23. The minimum absolute atomic E-state index is 0.101. The van der Waals surface area contributed by atoms with Crippen molar-refractivity contribution in [2.45, 2.75) is 12.3 Å². The molecule has 1 aromatic rings. The Bertz CT molecular complexity index is 492. The number of benzene rings is 1. The number of hydrogen-bond donors (Lipinski definition) is 0. The molecule has 0 fully saturated rings. The predicted molar refractivity (Wildman–Crippen MR) is 71.2 cm³/mol. The molecule has 1 unspecified atom stereocenters. The number of amides is 1. The first kappa shape index (κ1) is 14.8. The summed E-state index contributed by atoms with van der Waals surface area (Å²) in [6, 6.07) is 7.37. The van der Waals surface area contributed by atoms with Crippen LogP contribution in [0.3, 0.4) is 0 Å². The van der Waals surface area contributed by atoms with E-state index < -0.39 is 5.92 Å². The van der Waals surface area contributed by atoms with Gasteiger partial charge < -0.3 is 14.4 Å². The number of methoxy groups -OCH3 is 2. The summed E-state index contributed by atoms with van der Waals surface area (Å²) in [5.41, 5.74) is 0.666. The standard InChI is InChI=1S/C14H18N2O3/c1-16(2)14(17)7-10(9-15)12-8-11(18-3)5-6-13(12)19-4/h5-6,8,10H,7H2,1-4H3. The molecule has 0 heterocycles. The maximum Gasteiger partial charge on any atom is 0.223 e. The molecule has 0 aliphatic carbocycles. The van der Waals surface area contributed by atoms with Crippen LogP contribution in [0, 0.1) is 11.3 Å². The topological polar surface area (TPSA) is 62.6 Å². The third kappa shape index (κ3) is 3.62. The summed E-state index contributed by atoms with van der Waals surface area (Å²) in [4.78, 5) is 13.2. The van der Waals surface area contributed by atoms with E-state index in [-0.39, 0.29) is 12.3 Å². The van der Waals surface area contributed by atoms with Crippen LogP contribution in [0.15, 0.2) is 18.2 Å². The first-order valence-electron chi connectivity index (χ1n) is 5.85. The maximum atomic E-state index is 11.7. The highest BCUT2D eigenvalue weighted by Crippen LogP contribution is 2.32. The zero-order chi connectivity index (χ0) is 14.4. The second-order valence-electron chi connectivity index (χ2n) is 4.28. The van der Waals surface area contributed by atoms with Crippen LogP contribution in [0.1, 0.15) is 17.9 Å². The fourth-order valence-corrected chi connectivity index (χ4v) is 1.69. The molecule has 0 bridgehead atoms. The second kappa shape index (κ2) is 6.64. The SMILES string of the molecule is COc1ccc(OC)c(C(C#N)CC(=O)N(C)C)c1. The Morgan fingerprint density at radius 3 is 2.53 bits per heavy atom. The lowest BCUT2D eigenvalue weighted by atomic mass is 9.95. The third-order valence-corrected chi connectivity index (χ3v) is 2.85. The lowest BCUT2D eigenvalue weighted by molar-refractivity contribution is -0.128. The Kier molecular flexibility index (Phi) is 5.19. The average molecular weight is 262 g/mol. The van der Waals surface area contributed by atoms with E-state index in [1.807, 2.05) is 0 Å². The summed E-state index contributed by atoms with van der Waals surface area (Å²) in [6.45, 7) is 0. The van der Waals surface area contributed by atoms with E-state index in [2.05, 4.69) is 6.07 Å². The van der Waals surface area contributed by atoms with Crippen molar-refractivity contribution in [3.05, 3.63) is 23.8 Å². The highest BCUT2D eigenvalue weighted by Gasteiger charge is 2.21. The van der Waals surface area contributed by atoms with Crippen LogP contribution in [-0.2, 0) is 4.79 Å². The van der Waals surface area contributed by atoms with E-state index in [0.29, 0.717) is 17.1 Å². The predicted octanol–water partition coefficient (Wildman–Crippen LogP) is 1.79. The minimum Gasteiger partial charge on any atom is -0.497 e. The largest absolute Gasteiger partial charge is 0.497 e. The van der Waals surface area contributed by atoms with Crippen molar-refractivity contribution in [2.24, 2.45) is 0 Å². The van der Waals surface area contributed by atoms with Gasteiger partial charge in [-0.25, -0.2) is 0 Å². The van der Waals surface area contributed by atoms with Gasteiger partial charge in [-0.3, -0.25) is 4.79 Å². The lowest BCUT2D eigenvalue weighted by Gasteiger charge is -2.16. The van der Waals surface area contributed by atoms with Crippen molar-refractivity contribution in [3.8, 4) is 17.6 Å². The molecule has 102 valence electrons. The summed E-state index contributed by atoms with van der Waals surface area (Å²) in [7, 11) is 6.42. The van der Waals surface area contributed by atoms with Crippen molar-refractivity contribution in [1.29, 1.82) is 5.26 Å². The Hall–Kier alpha value is -2.22. The molecule has 1 atom stereocenters. The van der Waals surface area contributed by atoms with Gasteiger partial charge in [0.15, 0.2) is 0 Å². The molecule has 1 amide bonds. The second-order valence-corrected chi connectivity index (χ2v) is 4.28. The molecule has 1 rings (SSSR count). The van der Waals surface area contributed by atoms with E-state index in [0.717, 1.165) is 0 Å². The summed E-state index contributed by atoms with van der Waals surface area (Å²) in [5.74, 6) is 0.559. The van der Waals surface area contributed by atoms with Gasteiger partial charge in [0, 0.05) is 26.1 Å². The summed E-state index contributed by atoms with van der Waals surface area (Å²) < 4.78 is 10.4. The van der Waals surface area contributed by atoms with Gasteiger partial charge in [0.2, 0.25) is 5.91 Å². The van der Waals surface area contributed by atoms with Gasteiger partial charge in [0.1, 0.15) is 11.5 Å². The number of carbonyl (C=O) groups is 1. The van der Waals surface area contributed by atoms with Gasteiger partial charge >= 0.3 is 0 Å². The molecule has 0 aromatic heterocycles. The first-order valence-corrected chi connectivity index (χ1v) is 5.85. The van der Waals surface area contributed by atoms with E-state index in [1.54, 1.807) is 39.4 Å². The van der Waals surface area contributed by atoms with Crippen molar-refractivity contribution in [1.82, 2.24) is 4.90 Å². The van der Waals surface area contributed by atoms with Gasteiger partial charge in [-0.05, 0) is 18.2 Å². The van der Waals surface area contributed by atoms with Crippen molar-refractivity contribution >= 4 is 5.91 Å². The minimum atomic E-state index is -0.556. The molecule has 5 nitrogen and oxygen atoms in total. The normalized spacial score (nSPS) is 11.3. The van der Waals surface area contributed by atoms with E-state index >= 15 is 0 Å².